The van der Waals surface area contributed by atoms with E-state index in [0.29, 0.717) is 18.6 Å². The Bertz CT molecular complexity index is 627. The molecule has 0 spiro atoms. The van der Waals surface area contributed by atoms with E-state index in [0.717, 1.165) is 30.5 Å². The predicted molar refractivity (Wildman–Crippen MR) is 105 cm³/mol. The Kier molecular flexibility index (Phi) is 9.78. The fourth-order valence-corrected chi connectivity index (χ4v) is 2.35. The number of carbonyl (C=O) groups excluding carboxylic acids is 1. The number of hydrogen-bond donors (Lipinski definition) is 4. The maximum absolute atomic E-state index is 10.3. The summed E-state index contributed by atoms with van der Waals surface area (Å²) in [6, 6.07) is 13.1. The summed E-state index contributed by atoms with van der Waals surface area (Å²) in [6.45, 7) is 2.86. The van der Waals surface area contributed by atoms with Crippen LogP contribution in [0.15, 0.2) is 42.5 Å². The molecule has 0 aliphatic rings. The van der Waals surface area contributed by atoms with Crippen LogP contribution < -0.4 is 16.8 Å². The molecule has 0 heterocycles. The third kappa shape index (κ3) is 8.22. The van der Waals surface area contributed by atoms with Gasteiger partial charge in [0.15, 0.2) is 0 Å². The molecule has 6 N–H and O–H groups in total. The Morgan fingerprint density at radius 1 is 1.04 bits per heavy atom. The van der Waals surface area contributed by atoms with Gasteiger partial charge in [0.1, 0.15) is 5.75 Å². The molecule has 5 nitrogen and oxygen atoms in total. The van der Waals surface area contributed by atoms with Crippen LogP contribution in [-0.4, -0.2) is 18.1 Å². The van der Waals surface area contributed by atoms with Crippen molar-refractivity contribution in [2.24, 2.45) is 5.73 Å². The fourth-order valence-electron chi connectivity index (χ4n) is 2.35. The van der Waals surface area contributed by atoms with Crippen molar-refractivity contribution >= 4 is 17.8 Å². The Hall–Kier alpha value is -2.53. The van der Waals surface area contributed by atoms with E-state index in [4.69, 9.17) is 11.5 Å². The quantitative estimate of drug-likeness (QED) is 0.255. The lowest BCUT2D eigenvalue weighted by molar-refractivity contribution is -0.105. The number of aryl methyl sites for hydroxylation is 1. The molecule has 0 radical (unpaired) electrons. The molecule has 0 atom stereocenters. The van der Waals surface area contributed by atoms with E-state index in [-0.39, 0.29) is 5.75 Å². The molecule has 0 aliphatic heterocycles. The third-order valence-electron chi connectivity index (χ3n) is 3.76. The summed E-state index contributed by atoms with van der Waals surface area (Å²) in [5.74, 6) is 0.112. The van der Waals surface area contributed by atoms with Crippen molar-refractivity contribution in [3.05, 3.63) is 53.6 Å². The highest BCUT2D eigenvalue weighted by atomic mass is 16.3. The standard InChI is InChI=1S/C12H17NO2.C8H12N2/c1-2-3-4-5-10-6-7-12(15)11(8-10)13-9-14;9-6-5-7-1-3-8(10)4-2-7/h6-9,15H,2-5H2,1H3,(H,13,14);1-4H,5-6,9-10H2. The number of anilines is 2. The molecule has 25 heavy (non-hydrogen) atoms. The second-order valence-corrected chi connectivity index (χ2v) is 5.85. The van der Waals surface area contributed by atoms with Gasteiger partial charge in [0, 0.05) is 5.69 Å². The number of unbranched alkanes of at least 4 members (excludes halogenated alkanes) is 2. The molecule has 1 amide bonds. The zero-order chi connectivity index (χ0) is 18.5. The van der Waals surface area contributed by atoms with Crippen LogP contribution >= 0.6 is 0 Å². The predicted octanol–water partition coefficient (Wildman–Crippen LogP) is 3.46. The van der Waals surface area contributed by atoms with Crippen LogP contribution in [0, 0.1) is 0 Å². The summed E-state index contributed by atoms with van der Waals surface area (Å²) in [5, 5.41) is 11.9. The minimum atomic E-state index is 0.112. The summed E-state index contributed by atoms with van der Waals surface area (Å²) in [4.78, 5) is 10.3. The maximum Gasteiger partial charge on any atom is 0.211 e. The number of hydrogen-bond acceptors (Lipinski definition) is 4. The maximum atomic E-state index is 10.3. The second-order valence-electron chi connectivity index (χ2n) is 5.85. The van der Waals surface area contributed by atoms with E-state index in [1.54, 1.807) is 6.07 Å². The molecule has 2 rings (SSSR count). The van der Waals surface area contributed by atoms with Gasteiger partial charge in [0.05, 0.1) is 5.69 Å². The van der Waals surface area contributed by atoms with Crippen LogP contribution in [0.2, 0.25) is 0 Å². The lowest BCUT2D eigenvalue weighted by Crippen LogP contribution is -2.02. The number of nitrogen functional groups attached to an aromatic ring is 1. The first-order chi connectivity index (χ1) is 12.1. The largest absolute Gasteiger partial charge is 0.506 e. The molecule has 0 saturated carbocycles. The van der Waals surface area contributed by atoms with Crippen molar-refractivity contribution in [1.82, 2.24) is 0 Å². The minimum absolute atomic E-state index is 0.112. The van der Waals surface area contributed by atoms with Crippen LogP contribution in [0.4, 0.5) is 11.4 Å². The number of phenolic OH excluding ortho intramolecular Hbond substituents is 1. The normalized spacial score (nSPS) is 9.84. The summed E-state index contributed by atoms with van der Waals surface area (Å²) in [6.07, 6.45) is 6.03. The first kappa shape index (κ1) is 20.5. The first-order valence-corrected chi connectivity index (χ1v) is 8.67. The lowest BCUT2D eigenvalue weighted by Gasteiger charge is -2.06. The van der Waals surface area contributed by atoms with Crippen LogP contribution in [-0.2, 0) is 17.6 Å². The Morgan fingerprint density at radius 2 is 1.72 bits per heavy atom. The number of phenols is 1. The molecular weight excluding hydrogens is 314 g/mol. The van der Waals surface area contributed by atoms with Crippen LogP contribution in [0.5, 0.6) is 5.75 Å². The van der Waals surface area contributed by atoms with Gasteiger partial charge >= 0.3 is 0 Å². The van der Waals surface area contributed by atoms with E-state index in [1.165, 1.54) is 18.4 Å². The highest BCUT2D eigenvalue weighted by molar-refractivity contribution is 5.75. The van der Waals surface area contributed by atoms with Crippen LogP contribution in [0.1, 0.15) is 37.3 Å². The average Bonchev–Trinajstić information content (AvgIpc) is 2.61. The zero-order valence-electron chi connectivity index (χ0n) is 14.9. The number of nitrogens with two attached hydrogens (primary N) is 2. The van der Waals surface area contributed by atoms with Gasteiger partial charge in [-0.1, -0.05) is 38.0 Å². The number of amides is 1. The molecule has 2 aromatic carbocycles. The van der Waals surface area contributed by atoms with E-state index in [2.05, 4.69) is 12.2 Å². The van der Waals surface area contributed by atoms with E-state index in [9.17, 15) is 9.90 Å². The Morgan fingerprint density at radius 3 is 2.32 bits per heavy atom. The lowest BCUT2D eigenvalue weighted by atomic mass is 10.1. The van der Waals surface area contributed by atoms with Gasteiger partial charge in [-0.2, -0.15) is 0 Å². The monoisotopic (exact) mass is 343 g/mol. The van der Waals surface area contributed by atoms with Crippen molar-refractivity contribution < 1.29 is 9.90 Å². The summed E-state index contributed by atoms with van der Waals surface area (Å²) < 4.78 is 0. The Labute approximate surface area is 150 Å². The van der Waals surface area contributed by atoms with Gasteiger partial charge in [-0.05, 0) is 61.2 Å². The number of aromatic hydroxyl groups is 1. The minimum Gasteiger partial charge on any atom is -0.506 e. The topological polar surface area (TPSA) is 101 Å². The van der Waals surface area contributed by atoms with Crippen LogP contribution in [0.3, 0.4) is 0 Å². The van der Waals surface area contributed by atoms with Crippen molar-refractivity contribution in [3.8, 4) is 5.75 Å². The van der Waals surface area contributed by atoms with Gasteiger partial charge in [0.25, 0.3) is 0 Å². The van der Waals surface area contributed by atoms with Crippen molar-refractivity contribution in [1.29, 1.82) is 0 Å². The molecule has 0 aromatic heterocycles. The van der Waals surface area contributed by atoms with Gasteiger partial charge in [-0.25, -0.2) is 0 Å². The van der Waals surface area contributed by atoms with Crippen LogP contribution in [0.25, 0.3) is 0 Å². The number of nitrogens with one attached hydrogen (secondary N) is 1. The van der Waals surface area contributed by atoms with Crippen molar-refractivity contribution in [2.75, 3.05) is 17.6 Å². The Balaban J connectivity index is 0.000000271. The van der Waals surface area contributed by atoms with Gasteiger partial charge < -0.3 is 21.9 Å². The first-order valence-electron chi connectivity index (χ1n) is 8.67. The van der Waals surface area contributed by atoms with Gasteiger partial charge in [0.2, 0.25) is 6.41 Å². The SMILES string of the molecule is CCCCCc1ccc(O)c(NC=O)c1.NCCc1ccc(N)cc1. The third-order valence-corrected chi connectivity index (χ3v) is 3.76. The number of benzene rings is 2. The van der Waals surface area contributed by atoms with E-state index in [1.807, 2.05) is 36.4 Å². The second kappa shape index (κ2) is 11.9. The molecule has 5 heteroatoms. The molecular formula is C20H29N3O2. The molecule has 2 aromatic rings. The van der Waals surface area contributed by atoms with Crippen molar-refractivity contribution in [2.45, 2.75) is 39.0 Å². The highest BCUT2D eigenvalue weighted by Crippen LogP contribution is 2.24. The van der Waals surface area contributed by atoms with Gasteiger partial charge in [-0.15, -0.1) is 0 Å². The molecule has 0 saturated heterocycles. The average molecular weight is 343 g/mol. The smallest absolute Gasteiger partial charge is 0.211 e. The summed E-state index contributed by atoms with van der Waals surface area (Å²) >= 11 is 0. The van der Waals surface area contributed by atoms with Crippen molar-refractivity contribution in [3.63, 3.8) is 0 Å². The molecule has 0 bridgehead atoms. The molecule has 0 fully saturated rings. The highest BCUT2D eigenvalue weighted by Gasteiger charge is 2.01. The molecule has 136 valence electrons. The summed E-state index contributed by atoms with van der Waals surface area (Å²) in [5.41, 5.74) is 14.5. The van der Waals surface area contributed by atoms with E-state index >= 15 is 0 Å². The zero-order valence-corrected chi connectivity index (χ0v) is 14.9. The summed E-state index contributed by atoms with van der Waals surface area (Å²) in [7, 11) is 0. The van der Waals surface area contributed by atoms with Gasteiger partial charge in [-0.3, -0.25) is 4.79 Å². The molecule has 0 unspecified atom stereocenters. The number of rotatable bonds is 8. The fraction of sp³-hybridized carbons (Fsp3) is 0.350. The van der Waals surface area contributed by atoms with E-state index < -0.39 is 0 Å². The number of carbonyl (C=O) groups is 1. The molecule has 0 aliphatic carbocycles.